The second kappa shape index (κ2) is 4.51. The number of rotatable bonds is 4. The quantitative estimate of drug-likeness (QED) is 0.525. The minimum absolute atomic E-state index is 0.225. The van der Waals surface area contributed by atoms with Gasteiger partial charge >= 0.3 is 0 Å². The van der Waals surface area contributed by atoms with Crippen LogP contribution in [0.5, 0.6) is 0 Å². The Labute approximate surface area is 67.9 Å². The highest BCUT2D eigenvalue weighted by Gasteiger charge is 2.06. The highest BCUT2D eigenvalue weighted by molar-refractivity contribution is 7.85. The molecular weight excluding hydrogens is 164 g/mol. The summed E-state index contributed by atoms with van der Waals surface area (Å²) in [6.07, 6.45) is 3.31. The Kier molecular flexibility index (Phi) is 4.37. The molecular formula is C7H14O3S. The van der Waals surface area contributed by atoms with E-state index in [0.29, 0.717) is 6.42 Å². The molecule has 0 radical (unpaired) electrons. The SMILES string of the molecule is CC/C=C(\CC)CS(=O)(=O)O. The zero-order valence-electron chi connectivity index (χ0n) is 6.87. The van der Waals surface area contributed by atoms with E-state index in [4.69, 9.17) is 4.55 Å². The van der Waals surface area contributed by atoms with Gasteiger partial charge in [0.1, 0.15) is 0 Å². The first kappa shape index (κ1) is 10.7. The Hall–Kier alpha value is -0.350. The molecule has 0 saturated carbocycles. The van der Waals surface area contributed by atoms with Gasteiger partial charge < -0.3 is 0 Å². The van der Waals surface area contributed by atoms with E-state index in [-0.39, 0.29) is 5.75 Å². The minimum atomic E-state index is -3.83. The van der Waals surface area contributed by atoms with Crippen LogP contribution < -0.4 is 0 Å². The van der Waals surface area contributed by atoms with Crippen molar-refractivity contribution in [3.63, 3.8) is 0 Å². The lowest BCUT2D eigenvalue weighted by molar-refractivity contribution is 0.485. The first-order chi connectivity index (χ1) is 4.99. The summed E-state index contributed by atoms with van der Waals surface area (Å²) < 4.78 is 29.3. The fourth-order valence-corrected chi connectivity index (χ4v) is 1.62. The third-order valence-corrected chi connectivity index (χ3v) is 2.05. The summed E-state index contributed by atoms with van der Waals surface area (Å²) in [4.78, 5) is 0. The average molecular weight is 178 g/mol. The Morgan fingerprint density at radius 3 is 2.27 bits per heavy atom. The standard InChI is InChI=1S/C7H14O3S/c1-3-5-7(4-2)6-11(8,9)10/h5H,3-4,6H2,1-2H3,(H,8,9,10)/b7-5+. The molecule has 1 N–H and O–H groups in total. The molecule has 66 valence electrons. The molecule has 0 saturated heterocycles. The molecule has 0 aliphatic carbocycles. The van der Waals surface area contributed by atoms with E-state index >= 15 is 0 Å². The van der Waals surface area contributed by atoms with E-state index < -0.39 is 10.1 Å². The van der Waals surface area contributed by atoms with Gasteiger partial charge in [0.25, 0.3) is 10.1 Å². The topological polar surface area (TPSA) is 54.4 Å². The van der Waals surface area contributed by atoms with Crippen molar-refractivity contribution < 1.29 is 13.0 Å². The van der Waals surface area contributed by atoms with Gasteiger partial charge in [-0.15, -0.1) is 0 Å². The zero-order chi connectivity index (χ0) is 8.91. The summed E-state index contributed by atoms with van der Waals surface area (Å²) in [7, 11) is -3.83. The number of hydrogen-bond acceptors (Lipinski definition) is 2. The maximum atomic E-state index is 10.4. The third-order valence-electron chi connectivity index (χ3n) is 1.31. The fraction of sp³-hybridized carbons (Fsp3) is 0.714. The van der Waals surface area contributed by atoms with Gasteiger partial charge in [-0.1, -0.05) is 25.5 Å². The molecule has 0 heterocycles. The molecule has 0 aromatic carbocycles. The van der Waals surface area contributed by atoms with Crippen LogP contribution in [0.1, 0.15) is 26.7 Å². The second-order valence-corrected chi connectivity index (χ2v) is 3.80. The molecule has 0 bridgehead atoms. The zero-order valence-corrected chi connectivity index (χ0v) is 7.69. The molecule has 0 atom stereocenters. The highest BCUT2D eigenvalue weighted by Crippen LogP contribution is 2.04. The Balaban J connectivity index is 4.22. The Bertz CT molecular complexity index is 226. The van der Waals surface area contributed by atoms with Crippen LogP contribution in [-0.4, -0.2) is 18.7 Å². The van der Waals surface area contributed by atoms with Crippen molar-refractivity contribution in [1.29, 1.82) is 0 Å². The molecule has 11 heavy (non-hydrogen) atoms. The van der Waals surface area contributed by atoms with E-state index in [1.165, 1.54) is 0 Å². The summed E-state index contributed by atoms with van der Waals surface area (Å²) in [6.45, 7) is 3.80. The van der Waals surface area contributed by atoms with Gasteiger partial charge in [0.2, 0.25) is 0 Å². The van der Waals surface area contributed by atoms with Crippen molar-refractivity contribution in [2.45, 2.75) is 26.7 Å². The van der Waals surface area contributed by atoms with Gasteiger partial charge in [0, 0.05) is 0 Å². The monoisotopic (exact) mass is 178 g/mol. The average Bonchev–Trinajstić information content (AvgIpc) is 1.84. The maximum Gasteiger partial charge on any atom is 0.268 e. The van der Waals surface area contributed by atoms with Gasteiger partial charge in [0.05, 0.1) is 5.75 Å². The van der Waals surface area contributed by atoms with Crippen LogP contribution in [0.3, 0.4) is 0 Å². The van der Waals surface area contributed by atoms with Crippen molar-refractivity contribution in [3.05, 3.63) is 11.6 Å². The van der Waals surface area contributed by atoms with Crippen LogP contribution in [0.4, 0.5) is 0 Å². The van der Waals surface area contributed by atoms with Gasteiger partial charge in [-0.2, -0.15) is 8.42 Å². The van der Waals surface area contributed by atoms with Gasteiger partial charge in [-0.05, 0) is 12.8 Å². The third kappa shape index (κ3) is 6.06. The molecule has 0 unspecified atom stereocenters. The van der Waals surface area contributed by atoms with E-state index in [9.17, 15) is 8.42 Å². The van der Waals surface area contributed by atoms with Gasteiger partial charge in [-0.25, -0.2) is 0 Å². The van der Waals surface area contributed by atoms with Crippen molar-refractivity contribution >= 4 is 10.1 Å². The van der Waals surface area contributed by atoms with Crippen LogP contribution in [-0.2, 0) is 10.1 Å². The lowest BCUT2D eigenvalue weighted by Gasteiger charge is -1.99. The summed E-state index contributed by atoms with van der Waals surface area (Å²) in [5, 5.41) is 0. The molecule has 4 heteroatoms. The van der Waals surface area contributed by atoms with Crippen LogP contribution >= 0.6 is 0 Å². The van der Waals surface area contributed by atoms with Crippen molar-refractivity contribution in [1.82, 2.24) is 0 Å². The van der Waals surface area contributed by atoms with Crippen LogP contribution in [0.15, 0.2) is 11.6 Å². The highest BCUT2D eigenvalue weighted by atomic mass is 32.2. The van der Waals surface area contributed by atoms with Crippen molar-refractivity contribution in [2.24, 2.45) is 0 Å². The smallest absolute Gasteiger partial charge is 0.268 e. The normalized spacial score (nSPS) is 13.5. The van der Waals surface area contributed by atoms with E-state index in [2.05, 4.69) is 0 Å². The molecule has 0 aromatic heterocycles. The predicted octanol–water partition coefficient (Wildman–Crippen LogP) is 1.62. The minimum Gasteiger partial charge on any atom is -0.285 e. The van der Waals surface area contributed by atoms with E-state index in [1.54, 1.807) is 0 Å². The number of allylic oxidation sites excluding steroid dienone is 1. The summed E-state index contributed by atoms with van der Waals surface area (Å²) in [5.41, 5.74) is 0.773. The summed E-state index contributed by atoms with van der Waals surface area (Å²) in [6, 6.07) is 0. The fourth-order valence-electron chi connectivity index (χ4n) is 0.828. The summed E-state index contributed by atoms with van der Waals surface area (Å²) >= 11 is 0. The lowest BCUT2D eigenvalue weighted by atomic mass is 10.2. The first-order valence-corrected chi connectivity index (χ1v) is 5.23. The molecule has 0 aliphatic heterocycles. The van der Waals surface area contributed by atoms with Crippen LogP contribution in [0, 0.1) is 0 Å². The molecule has 0 spiro atoms. The predicted molar refractivity (Wildman–Crippen MR) is 45.1 cm³/mol. The lowest BCUT2D eigenvalue weighted by Crippen LogP contribution is -2.05. The molecule has 3 nitrogen and oxygen atoms in total. The van der Waals surface area contributed by atoms with Gasteiger partial charge in [-0.3, -0.25) is 4.55 Å². The molecule has 0 amide bonds. The van der Waals surface area contributed by atoms with Crippen molar-refractivity contribution in [2.75, 3.05) is 5.75 Å². The van der Waals surface area contributed by atoms with Gasteiger partial charge in [0.15, 0.2) is 0 Å². The molecule has 0 fully saturated rings. The van der Waals surface area contributed by atoms with Crippen LogP contribution in [0.25, 0.3) is 0 Å². The summed E-state index contributed by atoms with van der Waals surface area (Å²) in [5.74, 6) is -0.225. The van der Waals surface area contributed by atoms with Crippen molar-refractivity contribution in [3.8, 4) is 0 Å². The maximum absolute atomic E-state index is 10.4. The van der Waals surface area contributed by atoms with Crippen LogP contribution in [0.2, 0.25) is 0 Å². The van der Waals surface area contributed by atoms with E-state index in [1.807, 2.05) is 19.9 Å². The number of hydrogen-bond donors (Lipinski definition) is 1. The largest absolute Gasteiger partial charge is 0.285 e. The second-order valence-electron chi connectivity index (χ2n) is 2.35. The van der Waals surface area contributed by atoms with E-state index in [0.717, 1.165) is 12.0 Å². The Morgan fingerprint density at radius 1 is 1.45 bits per heavy atom. The molecule has 0 aromatic rings. The first-order valence-electron chi connectivity index (χ1n) is 3.62. The molecule has 0 aliphatic rings. The molecule has 0 rings (SSSR count). The Morgan fingerprint density at radius 2 is 2.00 bits per heavy atom.